The second kappa shape index (κ2) is 8.00. The number of hydrogen-bond acceptors (Lipinski definition) is 4. The van der Waals surface area contributed by atoms with E-state index in [0.29, 0.717) is 33.6 Å². The zero-order valence-electron chi connectivity index (χ0n) is 21.4. The van der Waals surface area contributed by atoms with Gasteiger partial charge < -0.3 is 14.4 Å². The molecule has 7 heteroatoms. The van der Waals surface area contributed by atoms with E-state index in [0.717, 1.165) is 32.5 Å². The molecule has 186 valence electrons. The van der Waals surface area contributed by atoms with Crippen LogP contribution in [0.15, 0.2) is 70.3 Å². The maximum atomic E-state index is 13.8. The average Bonchev–Trinajstić information content (AvgIpc) is 3.23. The van der Waals surface area contributed by atoms with Gasteiger partial charge >= 0.3 is 5.69 Å². The van der Waals surface area contributed by atoms with Crippen LogP contribution in [-0.2, 0) is 14.1 Å². The average molecular weight is 494 g/mol. The van der Waals surface area contributed by atoms with Gasteiger partial charge in [0.1, 0.15) is 11.5 Å². The van der Waals surface area contributed by atoms with Gasteiger partial charge in [-0.1, -0.05) is 48.0 Å². The summed E-state index contributed by atoms with van der Waals surface area (Å²) in [6, 6.07) is 19.3. The van der Waals surface area contributed by atoms with Crippen molar-refractivity contribution in [2.75, 3.05) is 0 Å². The molecule has 0 amide bonds. The fourth-order valence-corrected chi connectivity index (χ4v) is 5.34. The molecule has 0 saturated carbocycles. The van der Waals surface area contributed by atoms with Gasteiger partial charge in [0.2, 0.25) is 0 Å². The predicted octanol–water partition coefficient (Wildman–Crippen LogP) is 4.81. The molecule has 3 heterocycles. The van der Waals surface area contributed by atoms with E-state index < -0.39 is 11.8 Å². The first-order chi connectivity index (χ1) is 17.7. The Hall–Kier alpha value is -4.52. The van der Waals surface area contributed by atoms with Crippen molar-refractivity contribution in [1.29, 1.82) is 0 Å². The van der Waals surface area contributed by atoms with Crippen molar-refractivity contribution in [2.24, 2.45) is 14.1 Å². The molecule has 2 aromatic heterocycles. The second-order valence-corrected chi connectivity index (χ2v) is 9.90. The van der Waals surface area contributed by atoms with Crippen LogP contribution >= 0.6 is 0 Å². The molecule has 0 spiro atoms. The third-order valence-corrected chi connectivity index (χ3v) is 7.25. The van der Waals surface area contributed by atoms with Crippen molar-refractivity contribution in [3.8, 4) is 28.4 Å². The third-order valence-electron chi connectivity index (χ3n) is 7.25. The van der Waals surface area contributed by atoms with Crippen LogP contribution in [0.4, 0.5) is 0 Å². The fourth-order valence-electron chi connectivity index (χ4n) is 5.34. The summed E-state index contributed by atoms with van der Waals surface area (Å²) in [4.78, 5) is 26.9. The Morgan fingerprint density at radius 3 is 2.16 bits per heavy atom. The van der Waals surface area contributed by atoms with Gasteiger partial charge in [0.05, 0.1) is 28.0 Å². The van der Waals surface area contributed by atoms with E-state index in [2.05, 4.69) is 0 Å². The lowest BCUT2D eigenvalue weighted by Crippen LogP contribution is -2.37. The first kappa shape index (κ1) is 22.9. The molecule has 5 aromatic rings. The molecule has 1 aliphatic heterocycles. The van der Waals surface area contributed by atoms with Crippen LogP contribution in [0.25, 0.3) is 27.8 Å². The fraction of sp³-hybridized carbons (Fsp3) is 0.200. The summed E-state index contributed by atoms with van der Waals surface area (Å²) >= 11 is 0. The Morgan fingerprint density at radius 1 is 0.811 bits per heavy atom. The highest BCUT2D eigenvalue weighted by Crippen LogP contribution is 2.48. The number of ether oxygens (including phenoxy) is 1. The maximum absolute atomic E-state index is 13.8. The Balaban J connectivity index is 1.87. The van der Waals surface area contributed by atoms with Gasteiger partial charge in [0.25, 0.3) is 5.56 Å². The lowest BCUT2D eigenvalue weighted by molar-refractivity contribution is 0.224. The lowest BCUT2D eigenvalue weighted by Gasteiger charge is -2.30. The van der Waals surface area contributed by atoms with Crippen molar-refractivity contribution in [1.82, 2.24) is 13.7 Å². The molecule has 0 bridgehead atoms. The Labute approximate surface area is 213 Å². The van der Waals surface area contributed by atoms with Gasteiger partial charge in [-0.15, -0.1) is 0 Å². The van der Waals surface area contributed by atoms with E-state index in [-0.39, 0.29) is 11.3 Å². The molecule has 0 radical (unpaired) electrons. The molecular weight excluding hydrogens is 466 g/mol. The topological polar surface area (TPSA) is 78.4 Å². The Kier molecular flexibility index (Phi) is 4.95. The molecule has 0 aliphatic carbocycles. The van der Waals surface area contributed by atoms with E-state index in [9.17, 15) is 14.7 Å². The van der Waals surface area contributed by atoms with Crippen molar-refractivity contribution in [2.45, 2.75) is 26.9 Å². The Bertz CT molecular complexity index is 1860. The van der Waals surface area contributed by atoms with Crippen LogP contribution in [0.2, 0.25) is 0 Å². The number of nitrogens with zero attached hydrogens (tertiary/aromatic N) is 3. The number of aromatic hydroxyl groups is 1. The van der Waals surface area contributed by atoms with Gasteiger partial charge in [-0.05, 0) is 55.7 Å². The zero-order valence-corrected chi connectivity index (χ0v) is 21.4. The van der Waals surface area contributed by atoms with Gasteiger partial charge in [0.15, 0.2) is 6.10 Å². The van der Waals surface area contributed by atoms with Gasteiger partial charge in [0, 0.05) is 19.7 Å². The number of aromatic nitrogens is 3. The quantitative estimate of drug-likeness (QED) is 0.383. The van der Waals surface area contributed by atoms with E-state index in [1.165, 1.54) is 11.6 Å². The molecular formula is C30H27N3O4. The van der Waals surface area contributed by atoms with Crippen LogP contribution in [0.5, 0.6) is 11.5 Å². The van der Waals surface area contributed by atoms with Crippen molar-refractivity contribution in [3.63, 3.8) is 0 Å². The van der Waals surface area contributed by atoms with Crippen LogP contribution in [0.3, 0.4) is 0 Å². The summed E-state index contributed by atoms with van der Waals surface area (Å²) in [5.41, 5.74) is 6.21. The van der Waals surface area contributed by atoms with Crippen molar-refractivity contribution >= 4 is 10.9 Å². The smallest absolute Gasteiger partial charge is 0.331 e. The first-order valence-electron chi connectivity index (χ1n) is 12.2. The number of phenols is 1. The van der Waals surface area contributed by atoms with Crippen LogP contribution in [-0.4, -0.2) is 18.8 Å². The monoisotopic (exact) mass is 493 g/mol. The number of aryl methyl sites for hydroxylation is 4. The van der Waals surface area contributed by atoms with Gasteiger partial charge in [-0.25, -0.2) is 4.79 Å². The highest BCUT2D eigenvalue weighted by Gasteiger charge is 2.37. The third kappa shape index (κ3) is 3.27. The molecule has 7 nitrogen and oxygen atoms in total. The van der Waals surface area contributed by atoms with Crippen LogP contribution < -0.4 is 16.0 Å². The number of benzene rings is 3. The summed E-state index contributed by atoms with van der Waals surface area (Å²) in [6.07, 6.45) is -0.754. The predicted molar refractivity (Wildman–Crippen MR) is 144 cm³/mol. The molecule has 1 atom stereocenters. The first-order valence-corrected chi connectivity index (χ1v) is 12.2. The van der Waals surface area contributed by atoms with Crippen LogP contribution in [0, 0.1) is 20.8 Å². The number of hydrogen-bond donors (Lipinski definition) is 1. The summed E-state index contributed by atoms with van der Waals surface area (Å²) in [5, 5.41) is 11.4. The molecule has 1 aliphatic rings. The summed E-state index contributed by atoms with van der Waals surface area (Å²) in [7, 11) is 3.17. The lowest BCUT2D eigenvalue weighted by atomic mass is 10.0. The number of phenolic OH excluding ortho intramolecular Hbond substituents is 1. The molecule has 37 heavy (non-hydrogen) atoms. The molecule has 3 aromatic carbocycles. The molecule has 6 rings (SSSR count). The largest absolute Gasteiger partial charge is 0.508 e. The SMILES string of the molecule is Cc1ccc(-c2c3c(=O)n(C)c(=O)n(C)c3c3n2-c2cc(C)ccc2O[C@H]3c2ccc(C)cc2O)cc1. The molecule has 0 unspecified atom stereocenters. The minimum Gasteiger partial charge on any atom is -0.508 e. The minimum atomic E-state index is -0.754. The second-order valence-electron chi connectivity index (χ2n) is 9.90. The molecule has 0 saturated heterocycles. The summed E-state index contributed by atoms with van der Waals surface area (Å²) in [5.74, 6) is 0.714. The molecule has 0 fully saturated rings. The van der Waals surface area contributed by atoms with Crippen molar-refractivity contribution < 1.29 is 9.84 Å². The number of rotatable bonds is 2. The zero-order chi connectivity index (χ0) is 26.2. The van der Waals surface area contributed by atoms with E-state index in [1.54, 1.807) is 13.1 Å². The van der Waals surface area contributed by atoms with Crippen LogP contribution in [0.1, 0.15) is 34.1 Å². The maximum Gasteiger partial charge on any atom is 0.331 e. The van der Waals surface area contributed by atoms with E-state index in [4.69, 9.17) is 4.74 Å². The highest BCUT2D eigenvalue weighted by molar-refractivity contribution is 5.98. The normalized spacial score (nSPS) is 14.4. The highest BCUT2D eigenvalue weighted by atomic mass is 16.5. The number of fused-ring (bicyclic) bond motifs is 5. The molecule has 1 N–H and O–H groups in total. The Morgan fingerprint density at radius 2 is 1.46 bits per heavy atom. The van der Waals surface area contributed by atoms with Gasteiger partial charge in [-0.3, -0.25) is 13.9 Å². The summed E-state index contributed by atoms with van der Waals surface area (Å²) < 4.78 is 11.2. The van der Waals surface area contributed by atoms with Gasteiger partial charge in [-0.2, -0.15) is 0 Å². The summed E-state index contributed by atoms with van der Waals surface area (Å²) in [6.45, 7) is 5.92. The van der Waals surface area contributed by atoms with Crippen molar-refractivity contribution in [3.05, 3.63) is 109 Å². The van der Waals surface area contributed by atoms with E-state index in [1.807, 2.05) is 79.9 Å². The van der Waals surface area contributed by atoms with E-state index >= 15 is 0 Å². The standard InChI is InChI=1S/C30H27N3O4/c1-16-6-10-19(11-7-16)25-24-26(31(4)30(36)32(5)29(24)35)27-28(20-12-8-18(3)15-22(20)34)37-23-13-9-17(2)14-21(23)33(25)27/h6-15,28,34H,1-5H3/t28-/m0/s1. The minimum absolute atomic E-state index is 0.0900.